The van der Waals surface area contributed by atoms with Crippen molar-refractivity contribution in [2.45, 2.75) is 20.8 Å². The van der Waals surface area contributed by atoms with Crippen LogP contribution in [-0.4, -0.2) is 0 Å². The van der Waals surface area contributed by atoms with Gasteiger partial charge in [0.2, 0.25) is 0 Å². The predicted molar refractivity (Wildman–Crippen MR) is 59.8 cm³/mol. The lowest BCUT2D eigenvalue weighted by Crippen LogP contribution is -2.07. The largest absolute Gasteiger partial charge is 0.0766 e. The summed E-state index contributed by atoms with van der Waals surface area (Å²) in [7, 11) is 0. The van der Waals surface area contributed by atoms with Crippen LogP contribution in [0.15, 0.2) is 47.1 Å². The van der Waals surface area contributed by atoms with Gasteiger partial charge in [0.05, 0.1) is 0 Å². The van der Waals surface area contributed by atoms with Crippen molar-refractivity contribution in [2.75, 3.05) is 0 Å². The van der Waals surface area contributed by atoms with E-state index >= 15 is 0 Å². The first-order valence-electron chi connectivity index (χ1n) is 5.40. The minimum Gasteiger partial charge on any atom is -0.0766 e. The molecule has 0 bridgehead atoms. The van der Waals surface area contributed by atoms with E-state index in [0.717, 1.165) is 5.92 Å². The van der Waals surface area contributed by atoms with E-state index in [1.807, 2.05) is 0 Å². The average molecular weight is 184 g/mol. The number of hydrogen-bond acceptors (Lipinski definition) is 0. The molecule has 0 heterocycles. The lowest BCUT2D eigenvalue weighted by atomic mass is 9.84. The van der Waals surface area contributed by atoms with Gasteiger partial charge in [-0.2, -0.15) is 0 Å². The average Bonchev–Trinajstić information content (AvgIpc) is 2.70. The molecule has 0 radical (unpaired) electrons. The highest BCUT2D eigenvalue weighted by molar-refractivity contribution is 5.57. The maximum atomic E-state index is 2.47. The molecular weight excluding hydrogens is 168 g/mol. The molecule has 3 aliphatic rings. The molecule has 1 fully saturated rings. The highest BCUT2D eigenvalue weighted by Crippen LogP contribution is 2.64. The SMILES string of the molecule is CC1=C[C@H]2C(=C3C=CC=C[C@H]13)C2(C)C. The van der Waals surface area contributed by atoms with Crippen LogP contribution in [-0.2, 0) is 0 Å². The second-order valence-corrected chi connectivity index (χ2v) is 5.20. The van der Waals surface area contributed by atoms with Gasteiger partial charge in [-0.3, -0.25) is 0 Å². The first-order chi connectivity index (χ1) is 6.62. The molecule has 1 saturated carbocycles. The van der Waals surface area contributed by atoms with Gasteiger partial charge >= 0.3 is 0 Å². The van der Waals surface area contributed by atoms with Crippen LogP contribution in [0.3, 0.4) is 0 Å². The fourth-order valence-electron chi connectivity index (χ4n) is 2.99. The normalized spacial score (nSPS) is 36.4. The molecule has 0 aromatic heterocycles. The Bertz CT molecular complexity index is 413. The molecule has 0 nitrogen and oxygen atoms in total. The summed E-state index contributed by atoms with van der Waals surface area (Å²) < 4.78 is 0. The number of fused-ring (bicyclic) bond motifs is 2. The molecule has 0 saturated heterocycles. The maximum absolute atomic E-state index is 2.47. The first-order valence-corrected chi connectivity index (χ1v) is 5.40. The van der Waals surface area contributed by atoms with Gasteiger partial charge in [0.1, 0.15) is 0 Å². The fraction of sp³-hybridized carbons (Fsp3) is 0.429. The molecule has 0 aromatic rings. The third-order valence-electron chi connectivity index (χ3n) is 3.96. The molecule has 0 amide bonds. The van der Waals surface area contributed by atoms with Crippen molar-refractivity contribution in [3.05, 3.63) is 47.1 Å². The standard InChI is InChI=1S/C14H16/c1-9-8-12-13(14(12,2)3)11-7-5-4-6-10(9)11/h4-8,10,12H,1-3H3/t10-,12+/m1/s1. The Labute approximate surface area is 85.7 Å². The topological polar surface area (TPSA) is 0 Å². The molecule has 0 heteroatoms. The Kier molecular flexibility index (Phi) is 1.36. The third-order valence-corrected chi connectivity index (χ3v) is 3.96. The molecule has 0 aromatic carbocycles. The lowest BCUT2D eigenvalue weighted by Gasteiger charge is -2.20. The van der Waals surface area contributed by atoms with E-state index in [1.54, 1.807) is 11.1 Å². The minimum absolute atomic E-state index is 0.431. The lowest BCUT2D eigenvalue weighted by molar-refractivity contribution is 0.625. The molecule has 3 rings (SSSR count). The molecule has 0 spiro atoms. The van der Waals surface area contributed by atoms with E-state index in [0.29, 0.717) is 11.3 Å². The summed E-state index contributed by atoms with van der Waals surface area (Å²) in [6.45, 7) is 6.98. The van der Waals surface area contributed by atoms with E-state index in [2.05, 4.69) is 51.2 Å². The Balaban J connectivity index is 2.16. The molecule has 0 unspecified atom stereocenters. The number of rotatable bonds is 0. The zero-order valence-electron chi connectivity index (χ0n) is 9.04. The first kappa shape index (κ1) is 8.28. The molecule has 72 valence electrons. The zero-order chi connectivity index (χ0) is 9.92. The smallest absolute Gasteiger partial charge is 0.0228 e. The Morgan fingerprint density at radius 3 is 2.79 bits per heavy atom. The third kappa shape index (κ3) is 0.841. The molecule has 14 heavy (non-hydrogen) atoms. The van der Waals surface area contributed by atoms with Crippen LogP contribution in [0.5, 0.6) is 0 Å². The predicted octanol–water partition coefficient (Wildman–Crippen LogP) is 3.64. The summed E-state index contributed by atoms with van der Waals surface area (Å²) in [5.41, 5.74) is 5.21. The van der Waals surface area contributed by atoms with Crippen molar-refractivity contribution in [1.29, 1.82) is 0 Å². The van der Waals surface area contributed by atoms with Gasteiger partial charge in [-0.05, 0) is 17.9 Å². The highest BCUT2D eigenvalue weighted by atomic mass is 14.6. The second-order valence-electron chi connectivity index (χ2n) is 5.20. The van der Waals surface area contributed by atoms with Gasteiger partial charge in [0, 0.05) is 11.8 Å². The van der Waals surface area contributed by atoms with Gasteiger partial charge in [-0.15, -0.1) is 0 Å². The Morgan fingerprint density at radius 1 is 1.21 bits per heavy atom. The summed E-state index contributed by atoms with van der Waals surface area (Å²) in [5.74, 6) is 1.30. The van der Waals surface area contributed by atoms with Crippen molar-refractivity contribution in [2.24, 2.45) is 17.3 Å². The fourth-order valence-corrected chi connectivity index (χ4v) is 2.99. The van der Waals surface area contributed by atoms with Crippen molar-refractivity contribution >= 4 is 0 Å². The van der Waals surface area contributed by atoms with Crippen molar-refractivity contribution < 1.29 is 0 Å². The van der Waals surface area contributed by atoms with Crippen LogP contribution in [0.2, 0.25) is 0 Å². The molecule has 3 aliphatic carbocycles. The van der Waals surface area contributed by atoms with Crippen LogP contribution in [0.4, 0.5) is 0 Å². The van der Waals surface area contributed by atoms with E-state index in [4.69, 9.17) is 0 Å². The summed E-state index contributed by atoms with van der Waals surface area (Å²) >= 11 is 0. The zero-order valence-corrected chi connectivity index (χ0v) is 9.04. The highest BCUT2D eigenvalue weighted by Gasteiger charge is 2.54. The van der Waals surface area contributed by atoms with Crippen LogP contribution in [0.1, 0.15) is 20.8 Å². The quantitative estimate of drug-likeness (QED) is 0.504. The summed E-state index contributed by atoms with van der Waals surface area (Å²) in [4.78, 5) is 0. The van der Waals surface area contributed by atoms with Crippen molar-refractivity contribution in [3.8, 4) is 0 Å². The number of allylic oxidation sites excluding steroid dienone is 8. The molecule has 2 atom stereocenters. The van der Waals surface area contributed by atoms with Crippen LogP contribution in [0, 0.1) is 17.3 Å². The van der Waals surface area contributed by atoms with Gasteiger partial charge in [-0.1, -0.05) is 55.4 Å². The van der Waals surface area contributed by atoms with Gasteiger partial charge in [-0.25, -0.2) is 0 Å². The monoisotopic (exact) mass is 184 g/mol. The van der Waals surface area contributed by atoms with Crippen molar-refractivity contribution in [1.82, 2.24) is 0 Å². The van der Waals surface area contributed by atoms with Crippen molar-refractivity contribution in [3.63, 3.8) is 0 Å². The van der Waals surface area contributed by atoms with E-state index in [9.17, 15) is 0 Å². The number of hydrogen-bond donors (Lipinski definition) is 0. The summed E-state index contributed by atoms with van der Waals surface area (Å²) in [6.07, 6.45) is 11.4. The van der Waals surface area contributed by atoms with Gasteiger partial charge in [0.15, 0.2) is 0 Å². The second kappa shape index (κ2) is 2.31. The van der Waals surface area contributed by atoms with E-state index < -0.39 is 0 Å². The Morgan fingerprint density at radius 2 is 2.00 bits per heavy atom. The van der Waals surface area contributed by atoms with Gasteiger partial charge in [0.25, 0.3) is 0 Å². The molecule has 0 N–H and O–H groups in total. The Hall–Kier alpha value is -1.04. The van der Waals surface area contributed by atoms with E-state index in [-0.39, 0.29) is 0 Å². The summed E-state index contributed by atoms with van der Waals surface area (Å²) in [6, 6.07) is 0. The van der Waals surface area contributed by atoms with Crippen LogP contribution >= 0.6 is 0 Å². The van der Waals surface area contributed by atoms with Crippen LogP contribution < -0.4 is 0 Å². The maximum Gasteiger partial charge on any atom is 0.0228 e. The molecular formula is C14H16. The molecule has 0 aliphatic heterocycles. The minimum atomic E-state index is 0.431. The van der Waals surface area contributed by atoms with E-state index in [1.165, 1.54) is 5.57 Å². The van der Waals surface area contributed by atoms with Crippen LogP contribution in [0.25, 0.3) is 0 Å². The summed E-state index contributed by atoms with van der Waals surface area (Å²) in [5, 5.41) is 0. The van der Waals surface area contributed by atoms with Gasteiger partial charge < -0.3 is 0 Å².